The summed E-state index contributed by atoms with van der Waals surface area (Å²) >= 11 is 0. The number of hydrogen-bond acceptors (Lipinski definition) is 12. The Balaban J connectivity index is 1.97. The topological polar surface area (TPSA) is 227 Å². The number of phenolic OH excluding ortho intramolecular Hbond substituents is 1. The number of nitrogen functional groups attached to an aromatic ring is 1. The molecule has 0 aromatic heterocycles. The van der Waals surface area contributed by atoms with Crippen molar-refractivity contribution >= 4 is 32.9 Å². The highest BCUT2D eigenvalue weighted by Gasteiger charge is 2.13. The van der Waals surface area contributed by atoms with Gasteiger partial charge in [-0.2, -0.15) is 18.6 Å². The molecule has 0 amide bonds. The Hall–Kier alpha value is -4.63. The molecule has 33 heavy (non-hydrogen) atoms. The number of nitro groups is 1. The van der Waals surface area contributed by atoms with Crippen LogP contribution in [0.4, 0.5) is 22.7 Å². The first-order chi connectivity index (χ1) is 15.5. The average Bonchev–Trinajstić information content (AvgIpc) is 2.73. The van der Waals surface area contributed by atoms with Crippen LogP contribution >= 0.6 is 0 Å². The molecule has 0 atom stereocenters. The van der Waals surface area contributed by atoms with Gasteiger partial charge in [-0.3, -0.25) is 35.1 Å². The smallest absolute Gasteiger partial charge is 0.294 e. The summed E-state index contributed by atoms with van der Waals surface area (Å²) in [4.78, 5) is 34.2. The van der Waals surface area contributed by atoms with Crippen LogP contribution in [0.2, 0.25) is 0 Å². The number of hydrogen-bond donors (Lipinski definition) is 5. The predicted octanol–water partition coefficient (Wildman–Crippen LogP) is -0.419. The predicted molar refractivity (Wildman–Crippen MR) is 115 cm³/mol. The molecule has 14 nitrogen and oxygen atoms in total. The molecule has 0 saturated carbocycles. The Labute approximate surface area is 183 Å². The zero-order chi connectivity index (χ0) is 24.3. The summed E-state index contributed by atoms with van der Waals surface area (Å²) in [7, 11) is -4.56. The third-order valence-electron chi connectivity index (χ3n) is 4.16. The molecule has 0 unspecified atom stereocenters. The molecule has 170 valence electrons. The molecule has 0 aliphatic carbocycles. The van der Waals surface area contributed by atoms with E-state index in [-0.39, 0.29) is 28.1 Å². The molecule has 0 aliphatic rings. The van der Waals surface area contributed by atoms with Crippen LogP contribution in [-0.4, -0.2) is 23.0 Å². The second-order valence-corrected chi connectivity index (χ2v) is 7.81. The quantitative estimate of drug-likeness (QED) is 0.101. The molecule has 15 heteroatoms. The molecule has 3 aromatic carbocycles. The summed E-state index contributed by atoms with van der Waals surface area (Å²) in [5.74, 6) is -0.429. The number of nitro benzene ring substituents is 1. The lowest BCUT2D eigenvalue weighted by Gasteiger charge is -2.05. The van der Waals surface area contributed by atoms with Crippen LogP contribution in [0.25, 0.3) is 0 Å². The Morgan fingerprint density at radius 2 is 1.73 bits per heavy atom. The third-order valence-corrected chi connectivity index (χ3v) is 5.01. The van der Waals surface area contributed by atoms with E-state index in [9.17, 15) is 33.2 Å². The fraction of sp³-hybridized carbons (Fsp3) is 0. The number of phenols is 1. The van der Waals surface area contributed by atoms with Gasteiger partial charge >= 0.3 is 0 Å². The van der Waals surface area contributed by atoms with Crippen molar-refractivity contribution in [3.05, 3.63) is 89.8 Å². The van der Waals surface area contributed by atoms with Gasteiger partial charge in [-0.1, -0.05) is 0 Å². The molecule has 0 fully saturated rings. The van der Waals surface area contributed by atoms with Crippen LogP contribution in [0.5, 0.6) is 5.75 Å². The van der Waals surface area contributed by atoms with Gasteiger partial charge in [0.15, 0.2) is 5.36 Å². The summed E-state index contributed by atoms with van der Waals surface area (Å²) in [5, 5.41) is 27.2. The largest absolute Gasteiger partial charge is 0.506 e. The normalized spacial score (nSPS) is 12.5. The monoisotopic (exact) mass is 474 g/mol. The lowest BCUT2D eigenvalue weighted by molar-refractivity contribution is -0.383. The summed E-state index contributed by atoms with van der Waals surface area (Å²) in [5.41, 5.74) is 8.04. The molecule has 0 bridgehead atoms. The minimum absolute atomic E-state index is 0.162. The van der Waals surface area contributed by atoms with E-state index in [4.69, 9.17) is 10.3 Å². The number of nitrogens with two attached hydrogens (primary N) is 1. The highest BCUT2D eigenvalue weighted by atomic mass is 32.2. The molecule has 0 heterocycles. The van der Waals surface area contributed by atoms with Crippen molar-refractivity contribution in [1.82, 2.24) is 0 Å². The van der Waals surface area contributed by atoms with Crippen molar-refractivity contribution in [2.24, 2.45) is 10.2 Å². The van der Waals surface area contributed by atoms with Gasteiger partial charge < -0.3 is 10.8 Å². The molecule has 0 saturated heterocycles. The van der Waals surface area contributed by atoms with Crippen LogP contribution in [0, 0.1) is 10.1 Å². The first kappa shape index (κ1) is 23.0. The first-order valence-electron chi connectivity index (χ1n) is 8.76. The summed E-state index contributed by atoms with van der Waals surface area (Å²) < 4.78 is 31.6. The second kappa shape index (κ2) is 8.85. The van der Waals surface area contributed by atoms with E-state index in [1.54, 1.807) is 0 Å². The van der Waals surface area contributed by atoms with Crippen molar-refractivity contribution in [2.75, 3.05) is 16.6 Å². The van der Waals surface area contributed by atoms with E-state index in [1.165, 1.54) is 12.1 Å². The van der Waals surface area contributed by atoms with Crippen LogP contribution in [0.3, 0.4) is 0 Å². The molecule has 3 aromatic rings. The fourth-order valence-corrected chi connectivity index (χ4v) is 3.04. The van der Waals surface area contributed by atoms with E-state index < -0.39 is 41.9 Å². The van der Waals surface area contributed by atoms with E-state index >= 15 is 0 Å². The van der Waals surface area contributed by atoms with Gasteiger partial charge in [0.1, 0.15) is 16.8 Å². The zero-order valence-electron chi connectivity index (χ0n) is 16.3. The summed E-state index contributed by atoms with van der Waals surface area (Å²) in [6, 6.07) is 8.48. The van der Waals surface area contributed by atoms with E-state index in [2.05, 4.69) is 21.1 Å². The first-order valence-corrected chi connectivity index (χ1v) is 10.2. The number of nitrogens with zero attached hydrogens (tertiary/aromatic N) is 3. The molecule has 3 rings (SSSR count). The zero-order valence-corrected chi connectivity index (χ0v) is 17.1. The Kier molecular flexibility index (Phi) is 6.18. The number of anilines is 3. The molecule has 0 radical (unpaired) electrons. The average molecular weight is 474 g/mol. The molecule has 6 N–H and O–H groups in total. The second-order valence-electron chi connectivity index (χ2n) is 6.39. The third kappa shape index (κ3) is 5.17. The van der Waals surface area contributed by atoms with Gasteiger partial charge in [0, 0.05) is 6.07 Å². The highest BCUT2D eigenvalue weighted by molar-refractivity contribution is 7.85. The van der Waals surface area contributed by atoms with Crippen molar-refractivity contribution in [1.29, 1.82) is 0 Å². The van der Waals surface area contributed by atoms with Crippen LogP contribution in [0.15, 0.2) is 73.2 Å². The summed E-state index contributed by atoms with van der Waals surface area (Å²) in [6.45, 7) is 0. The molecular formula is C18H14N6O8S. The van der Waals surface area contributed by atoms with Gasteiger partial charge in [-0.15, -0.1) is 0 Å². The van der Waals surface area contributed by atoms with Gasteiger partial charge in [0.2, 0.25) is 10.9 Å². The molecule has 0 spiro atoms. The Bertz CT molecular complexity index is 1590. The lowest BCUT2D eigenvalue weighted by atomic mass is 10.2. The number of benzene rings is 3. The Morgan fingerprint density at radius 3 is 2.36 bits per heavy atom. The minimum atomic E-state index is -4.56. The van der Waals surface area contributed by atoms with Gasteiger partial charge in [-0.25, -0.2) is 0 Å². The fourth-order valence-electron chi connectivity index (χ4n) is 2.53. The number of aromatic hydroxyl groups is 1. The molecular weight excluding hydrogens is 460 g/mol. The summed E-state index contributed by atoms with van der Waals surface area (Å²) in [6.07, 6.45) is 0. The number of nitrogens with one attached hydrogen (secondary N) is 2. The van der Waals surface area contributed by atoms with Crippen molar-refractivity contribution < 1.29 is 23.0 Å². The van der Waals surface area contributed by atoms with Crippen LogP contribution in [-0.2, 0) is 10.1 Å². The van der Waals surface area contributed by atoms with E-state index in [0.29, 0.717) is 0 Å². The van der Waals surface area contributed by atoms with Crippen LogP contribution in [0.1, 0.15) is 0 Å². The Morgan fingerprint density at radius 1 is 1.00 bits per heavy atom. The van der Waals surface area contributed by atoms with Crippen molar-refractivity contribution in [3.8, 4) is 5.75 Å². The maximum absolute atomic E-state index is 12.6. The standard InChI is InChI=1S/C18H14N6O8S/c19-11-7-9(1-4-14(11)24(28)29)20-23-17-16(26)6-3-12(18(17)27)21-22-13-8-10(33(30,31)32)2-5-15(13)25/h1-8,20,22,25H,19H2,(H,30,31,32)/b21-12+,23-17+. The van der Waals surface area contributed by atoms with Crippen LogP contribution < -0.4 is 38.2 Å². The highest BCUT2D eigenvalue weighted by Crippen LogP contribution is 2.26. The van der Waals surface area contributed by atoms with Crippen molar-refractivity contribution in [2.45, 2.75) is 4.90 Å². The number of rotatable bonds is 6. The SMILES string of the molecule is Nc1cc(N/N=c2\c(=O)cc/c(=N\Nc3cc(S(=O)(=O)O)ccc3O)c2=O)ccc1[N+](=O)[O-]. The maximum atomic E-state index is 12.6. The van der Waals surface area contributed by atoms with Gasteiger partial charge in [-0.05, 0) is 42.5 Å². The minimum Gasteiger partial charge on any atom is -0.506 e. The molecule has 0 aliphatic heterocycles. The van der Waals surface area contributed by atoms with Gasteiger partial charge in [0.25, 0.3) is 15.8 Å². The van der Waals surface area contributed by atoms with E-state index in [0.717, 1.165) is 36.4 Å². The van der Waals surface area contributed by atoms with Gasteiger partial charge in [0.05, 0.1) is 21.2 Å². The van der Waals surface area contributed by atoms with E-state index in [1.807, 2.05) is 0 Å². The maximum Gasteiger partial charge on any atom is 0.294 e. The van der Waals surface area contributed by atoms with Crippen molar-refractivity contribution in [3.63, 3.8) is 0 Å². The lowest BCUT2D eigenvalue weighted by Crippen LogP contribution is -2.47.